The molecule has 1 aromatic rings. The van der Waals surface area contributed by atoms with E-state index in [4.69, 9.17) is 0 Å². The summed E-state index contributed by atoms with van der Waals surface area (Å²) in [5.41, 5.74) is 1.75. The Balaban J connectivity index is 2.12. The van der Waals surface area contributed by atoms with Crippen LogP contribution in [0.1, 0.15) is 12.5 Å². The first-order valence-corrected chi connectivity index (χ1v) is 6.72. The number of rotatable bonds is 3. The summed E-state index contributed by atoms with van der Waals surface area (Å²) in [6, 6.07) is 10.1. The fourth-order valence-electron chi connectivity index (χ4n) is 1.73. The molecule has 0 saturated heterocycles. The summed E-state index contributed by atoms with van der Waals surface area (Å²) in [5.74, 6) is 0.585. The molecule has 0 aromatic heterocycles. The van der Waals surface area contributed by atoms with Gasteiger partial charge in [0.05, 0.1) is 18.2 Å². The second kappa shape index (κ2) is 5.87. The predicted octanol–water partition coefficient (Wildman–Crippen LogP) is 2.67. The molecule has 1 atom stereocenters. The Morgan fingerprint density at radius 2 is 2.17 bits per heavy atom. The number of carbonyl (C=O) groups excluding carboxylic acids is 1. The molecule has 2 rings (SSSR count). The molecule has 18 heavy (non-hydrogen) atoms. The molecule has 0 N–H and O–H groups in total. The van der Waals surface area contributed by atoms with Gasteiger partial charge in [-0.25, -0.2) is 4.79 Å². The molecule has 94 valence electrons. The molecule has 0 bridgehead atoms. The summed E-state index contributed by atoms with van der Waals surface area (Å²) in [7, 11) is 1.39. The predicted molar refractivity (Wildman–Crippen MR) is 75.0 cm³/mol. The van der Waals surface area contributed by atoms with E-state index in [2.05, 4.69) is 9.73 Å². The van der Waals surface area contributed by atoms with Crippen LogP contribution >= 0.6 is 11.8 Å². The Hall–Kier alpha value is -1.55. The number of esters is 1. The molecule has 1 aromatic carbocycles. The zero-order valence-electron chi connectivity index (χ0n) is 10.4. The van der Waals surface area contributed by atoms with Crippen molar-refractivity contribution in [2.75, 3.05) is 12.9 Å². The number of benzene rings is 1. The molecule has 0 unspecified atom stereocenters. The average molecular weight is 261 g/mol. The number of hydrogen-bond acceptors (Lipinski definition) is 4. The third-order valence-corrected chi connectivity index (χ3v) is 3.77. The topological polar surface area (TPSA) is 38.7 Å². The highest BCUT2D eigenvalue weighted by atomic mass is 32.2. The number of ether oxygens (including phenoxy) is 1. The average Bonchev–Trinajstić information content (AvgIpc) is 2.87. The quantitative estimate of drug-likeness (QED) is 0.620. The number of nitrogens with zero attached hydrogens (tertiary/aromatic N) is 1. The van der Waals surface area contributed by atoms with Crippen molar-refractivity contribution in [2.24, 2.45) is 4.99 Å². The van der Waals surface area contributed by atoms with Crippen LogP contribution in [0.5, 0.6) is 0 Å². The fraction of sp³-hybridized carbons (Fsp3) is 0.286. The van der Waals surface area contributed by atoms with Crippen molar-refractivity contribution >= 4 is 22.8 Å². The van der Waals surface area contributed by atoms with E-state index in [1.54, 1.807) is 18.7 Å². The number of methoxy groups -OCH3 is 1. The molecule has 0 fully saturated rings. The van der Waals surface area contributed by atoms with Gasteiger partial charge in [-0.05, 0) is 13.0 Å². The third kappa shape index (κ3) is 3.01. The van der Waals surface area contributed by atoms with Gasteiger partial charge in [-0.2, -0.15) is 0 Å². The lowest BCUT2D eigenvalue weighted by Gasteiger charge is -2.01. The van der Waals surface area contributed by atoms with Crippen LogP contribution in [0.4, 0.5) is 0 Å². The van der Waals surface area contributed by atoms with E-state index in [9.17, 15) is 4.79 Å². The van der Waals surface area contributed by atoms with Gasteiger partial charge in [0, 0.05) is 16.9 Å². The van der Waals surface area contributed by atoms with Crippen LogP contribution in [0.15, 0.2) is 47.0 Å². The number of carbonyl (C=O) groups is 1. The summed E-state index contributed by atoms with van der Waals surface area (Å²) in [6.45, 7) is 1.76. The Morgan fingerprint density at radius 1 is 1.44 bits per heavy atom. The van der Waals surface area contributed by atoms with Crippen molar-refractivity contribution in [1.82, 2.24) is 0 Å². The van der Waals surface area contributed by atoms with Gasteiger partial charge in [-0.1, -0.05) is 30.3 Å². The molecule has 1 aliphatic rings. The monoisotopic (exact) mass is 261 g/mol. The molecule has 1 aliphatic heterocycles. The lowest BCUT2D eigenvalue weighted by molar-refractivity contribution is -0.136. The molecule has 0 spiro atoms. The van der Waals surface area contributed by atoms with Crippen LogP contribution in [0, 0.1) is 0 Å². The van der Waals surface area contributed by atoms with Crippen molar-refractivity contribution in [3.8, 4) is 0 Å². The Labute approximate surface area is 111 Å². The molecule has 1 heterocycles. The first-order chi connectivity index (χ1) is 8.70. The zero-order chi connectivity index (χ0) is 13.0. The first-order valence-electron chi connectivity index (χ1n) is 5.73. The largest absolute Gasteiger partial charge is 0.466 e. The maximum absolute atomic E-state index is 11.3. The third-order valence-electron chi connectivity index (χ3n) is 2.64. The van der Waals surface area contributed by atoms with Gasteiger partial charge in [0.2, 0.25) is 0 Å². The van der Waals surface area contributed by atoms with Crippen LogP contribution < -0.4 is 0 Å². The molecule has 4 heteroatoms. The summed E-state index contributed by atoms with van der Waals surface area (Å²) < 4.78 is 4.67. The summed E-state index contributed by atoms with van der Waals surface area (Å²) in [4.78, 5) is 15.9. The molecule has 0 amide bonds. The van der Waals surface area contributed by atoms with Gasteiger partial charge in [0.25, 0.3) is 0 Å². The van der Waals surface area contributed by atoms with Crippen LogP contribution in [0.25, 0.3) is 0 Å². The number of aliphatic imine (C=N–C) groups is 1. The highest BCUT2D eigenvalue weighted by Gasteiger charge is 2.18. The van der Waals surface area contributed by atoms with Gasteiger partial charge in [-0.15, -0.1) is 11.8 Å². The van der Waals surface area contributed by atoms with E-state index in [0.29, 0.717) is 5.57 Å². The number of thioether (sulfide) groups is 1. The normalized spacial score (nSPS) is 19.6. The molecule has 3 nitrogen and oxygen atoms in total. The molecular formula is C14H15NO2S. The van der Waals surface area contributed by atoms with E-state index in [1.807, 2.05) is 36.4 Å². The maximum atomic E-state index is 11.3. The van der Waals surface area contributed by atoms with Crippen LogP contribution in [0.3, 0.4) is 0 Å². The van der Waals surface area contributed by atoms with Gasteiger partial charge in [0.1, 0.15) is 0 Å². The Bertz CT molecular complexity index is 494. The van der Waals surface area contributed by atoms with Gasteiger partial charge in [0.15, 0.2) is 0 Å². The Kier molecular flexibility index (Phi) is 4.20. The van der Waals surface area contributed by atoms with E-state index >= 15 is 0 Å². The summed E-state index contributed by atoms with van der Waals surface area (Å²) in [6.07, 6.45) is 1.87. The van der Waals surface area contributed by atoms with E-state index in [-0.39, 0.29) is 12.0 Å². The minimum absolute atomic E-state index is 0.0595. The van der Waals surface area contributed by atoms with Crippen LogP contribution in [-0.2, 0) is 9.53 Å². The highest BCUT2D eigenvalue weighted by Crippen LogP contribution is 2.24. The Morgan fingerprint density at radius 3 is 2.83 bits per heavy atom. The standard InChI is InChI=1S/C14H15NO2S/c1-10(14(16)17-2)8-12-9-18-13(15-12)11-6-4-3-5-7-11/h3-8,12H,9H2,1-2H3/b10-8+/t12-/m0/s1. The highest BCUT2D eigenvalue weighted by molar-refractivity contribution is 8.14. The SMILES string of the molecule is COC(=O)/C(C)=C/[C@H]1CSC(c2ccccc2)=N1. The lowest BCUT2D eigenvalue weighted by atomic mass is 10.2. The maximum Gasteiger partial charge on any atom is 0.333 e. The van der Waals surface area contributed by atoms with Crippen molar-refractivity contribution in [1.29, 1.82) is 0 Å². The van der Waals surface area contributed by atoms with E-state index < -0.39 is 0 Å². The fourth-order valence-corrected chi connectivity index (χ4v) is 2.74. The minimum Gasteiger partial charge on any atom is -0.466 e. The number of hydrogen-bond donors (Lipinski definition) is 0. The summed E-state index contributed by atoms with van der Waals surface area (Å²) in [5, 5.41) is 1.04. The molecular weight excluding hydrogens is 246 g/mol. The zero-order valence-corrected chi connectivity index (χ0v) is 11.2. The second-order valence-corrected chi connectivity index (χ2v) is 5.03. The van der Waals surface area contributed by atoms with Crippen molar-refractivity contribution in [3.05, 3.63) is 47.5 Å². The first kappa shape index (κ1) is 12.9. The second-order valence-electron chi connectivity index (χ2n) is 4.02. The molecule has 0 aliphatic carbocycles. The van der Waals surface area contributed by atoms with Crippen molar-refractivity contribution in [2.45, 2.75) is 13.0 Å². The van der Waals surface area contributed by atoms with E-state index in [1.165, 1.54) is 7.11 Å². The summed E-state index contributed by atoms with van der Waals surface area (Å²) >= 11 is 1.72. The lowest BCUT2D eigenvalue weighted by Crippen LogP contribution is -2.06. The molecule has 0 saturated carbocycles. The van der Waals surface area contributed by atoms with E-state index in [0.717, 1.165) is 16.4 Å². The van der Waals surface area contributed by atoms with Crippen molar-refractivity contribution in [3.63, 3.8) is 0 Å². The minimum atomic E-state index is -0.289. The van der Waals surface area contributed by atoms with Crippen molar-refractivity contribution < 1.29 is 9.53 Å². The van der Waals surface area contributed by atoms with Gasteiger partial charge >= 0.3 is 5.97 Å². The molecule has 0 radical (unpaired) electrons. The smallest absolute Gasteiger partial charge is 0.333 e. The van der Waals surface area contributed by atoms with Gasteiger partial charge in [-0.3, -0.25) is 4.99 Å². The van der Waals surface area contributed by atoms with Crippen LogP contribution in [-0.4, -0.2) is 29.9 Å². The van der Waals surface area contributed by atoms with Crippen LogP contribution in [0.2, 0.25) is 0 Å². The van der Waals surface area contributed by atoms with Gasteiger partial charge < -0.3 is 4.74 Å².